The molecule has 1 atom stereocenters. The van der Waals surface area contributed by atoms with E-state index in [-0.39, 0.29) is 16.6 Å². The highest BCUT2D eigenvalue weighted by molar-refractivity contribution is 7.97. The molecule has 2 fully saturated rings. The van der Waals surface area contributed by atoms with E-state index in [0.717, 1.165) is 63.4 Å². The number of piperidine rings is 1. The van der Waals surface area contributed by atoms with Crippen LogP contribution in [0.15, 0.2) is 34.3 Å². The first-order valence-corrected chi connectivity index (χ1v) is 11.7. The minimum Gasteiger partial charge on any atom is -0.382 e. The summed E-state index contributed by atoms with van der Waals surface area (Å²) in [5.41, 5.74) is 0.893. The Morgan fingerprint density at radius 1 is 1.29 bits per heavy atom. The molecule has 4 rings (SSSR count). The molecule has 0 aliphatic carbocycles. The smallest absolute Gasteiger partial charge is 0.287 e. The summed E-state index contributed by atoms with van der Waals surface area (Å²) < 4.78 is 9.25. The molecule has 2 saturated heterocycles. The summed E-state index contributed by atoms with van der Waals surface area (Å²) >= 11 is 7.97. The molecule has 0 bridgehead atoms. The van der Waals surface area contributed by atoms with E-state index in [1.165, 1.54) is 4.68 Å². The highest BCUT2D eigenvalue weighted by Crippen LogP contribution is 2.30. The first-order chi connectivity index (χ1) is 15.1. The minimum absolute atomic E-state index is 0.0196. The molecular formula is C21H25ClN6O2S. The zero-order valence-corrected chi connectivity index (χ0v) is 18.7. The van der Waals surface area contributed by atoms with E-state index >= 15 is 0 Å². The van der Waals surface area contributed by atoms with Crippen LogP contribution in [0.3, 0.4) is 0 Å². The Bertz CT molecular complexity index is 996. The topological polar surface area (TPSA) is 96.1 Å². The van der Waals surface area contributed by atoms with Gasteiger partial charge < -0.3 is 10.1 Å². The van der Waals surface area contributed by atoms with E-state index < -0.39 is 0 Å². The Hall–Kier alpha value is -2.12. The highest BCUT2D eigenvalue weighted by Gasteiger charge is 2.24. The standard InChI is InChI=1S/C21H25ClN6O2S/c22-20-19(25-11-15-2-1-7-30-14-15)13-26-28(21(20)29)17-3-5-27(6-4-17)31-18-8-16(9-23)10-24-12-18/h8,10,12-13,15,17,25H,1-7,11,14H2. The molecule has 164 valence electrons. The predicted octanol–water partition coefficient (Wildman–Crippen LogP) is 3.35. The van der Waals surface area contributed by atoms with Gasteiger partial charge in [0.2, 0.25) is 0 Å². The van der Waals surface area contributed by atoms with Crippen molar-refractivity contribution in [3.05, 3.63) is 45.6 Å². The van der Waals surface area contributed by atoms with Crippen molar-refractivity contribution in [1.82, 2.24) is 19.1 Å². The largest absolute Gasteiger partial charge is 0.382 e. The van der Waals surface area contributed by atoms with Crippen molar-refractivity contribution in [2.24, 2.45) is 5.92 Å². The molecule has 2 aromatic heterocycles. The van der Waals surface area contributed by atoms with Gasteiger partial charge >= 0.3 is 0 Å². The fourth-order valence-corrected chi connectivity index (χ4v) is 5.09. The second-order valence-electron chi connectivity index (χ2n) is 7.86. The number of nitrogens with zero attached hydrogens (tertiary/aromatic N) is 5. The second-order valence-corrected chi connectivity index (χ2v) is 9.41. The van der Waals surface area contributed by atoms with Gasteiger partial charge in [0.05, 0.1) is 30.1 Å². The van der Waals surface area contributed by atoms with Gasteiger partial charge in [-0.25, -0.2) is 8.99 Å². The molecular weight excluding hydrogens is 436 g/mol. The van der Waals surface area contributed by atoms with Crippen molar-refractivity contribution >= 4 is 29.2 Å². The normalized spacial score (nSPS) is 20.3. The van der Waals surface area contributed by atoms with Crippen LogP contribution < -0.4 is 10.9 Å². The molecule has 31 heavy (non-hydrogen) atoms. The molecule has 2 aliphatic heterocycles. The summed E-state index contributed by atoms with van der Waals surface area (Å²) in [5, 5.41) is 16.9. The molecule has 0 radical (unpaired) electrons. The Kier molecular flexibility index (Phi) is 7.45. The molecule has 2 aromatic rings. The molecule has 0 amide bonds. The minimum atomic E-state index is -0.247. The summed E-state index contributed by atoms with van der Waals surface area (Å²) in [5.74, 6) is 0.429. The number of nitriles is 1. The molecule has 0 spiro atoms. The molecule has 0 saturated carbocycles. The first kappa shape index (κ1) is 22.1. The number of halogens is 1. The lowest BCUT2D eigenvalue weighted by Crippen LogP contribution is -2.36. The van der Waals surface area contributed by atoms with Gasteiger partial charge in [0.15, 0.2) is 0 Å². The third-order valence-electron chi connectivity index (χ3n) is 5.63. The lowest BCUT2D eigenvalue weighted by Gasteiger charge is -2.31. The molecule has 1 N–H and O–H groups in total. The SMILES string of the molecule is N#Cc1cncc(SN2CCC(n3ncc(NCC4CCCOC4)c(Cl)c3=O)CC2)c1. The van der Waals surface area contributed by atoms with Crippen molar-refractivity contribution in [2.45, 2.75) is 36.6 Å². The second kappa shape index (κ2) is 10.5. The van der Waals surface area contributed by atoms with E-state index in [9.17, 15) is 4.79 Å². The Balaban J connectivity index is 1.34. The van der Waals surface area contributed by atoms with Gasteiger partial charge in [-0.2, -0.15) is 10.4 Å². The number of aromatic nitrogens is 3. The molecule has 4 heterocycles. The van der Waals surface area contributed by atoms with Crippen LogP contribution in [-0.4, -0.2) is 51.9 Å². The fraction of sp³-hybridized carbons (Fsp3) is 0.524. The summed E-state index contributed by atoms with van der Waals surface area (Å²) in [7, 11) is 0. The van der Waals surface area contributed by atoms with Gasteiger partial charge in [-0.3, -0.25) is 9.78 Å². The van der Waals surface area contributed by atoms with Crippen LogP contribution in [0.4, 0.5) is 5.69 Å². The number of nitrogens with one attached hydrogen (secondary N) is 1. The van der Waals surface area contributed by atoms with E-state index in [4.69, 9.17) is 21.6 Å². The van der Waals surface area contributed by atoms with E-state index in [1.54, 1.807) is 30.5 Å². The van der Waals surface area contributed by atoms with E-state index in [2.05, 4.69) is 25.8 Å². The number of rotatable bonds is 6. The van der Waals surface area contributed by atoms with Gasteiger partial charge in [0.1, 0.15) is 11.1 Å². The quantitative estimate of drug-likeness (QED) is 0.655. The van der Waals surface area contributed by atoms with Gasteiger partial charge in [0.25, 0.3) is 5.56 Å². The Labute approximate surface area is 190 Å². The van der Waals surface area contributed by atoms with Crippen LogP contribution in [0.1, 0.15) is 37.3 Å². The van der Waals surface area contributed by atoms with Crippen LogP contribution in [-0.2, 0) is 4.74 Å². The van der Waals surface area contributed by atoms with Crippen molar-refractivity contribution in [2.75, 3.05) is 38.2 Å². The van der Waals surface area contributed by atoms with Crippen molar-refractivity contribution < 1.29 is 4.74 Å². The van der Waals surface area contributed by atoms with Crippen molar-refractivity contribution in [1.29, 1.82) is 5.26 Å². The molecule has 0 aromatic carbocycles. The van der Waals surface area contributed by atoms with E-state index in [0.29, 0.717) is 17.2 Å². The van der Waals surface area contributed by atoms with Crippen molar-refractivity contribution in [3.63, 3.8) is 0 Å². The van der Waals surface area contributed by atoms with Crippen LogP contribution in [0, 0.1) is 17.2 Å². The number of anilines is 1. The zero-order chi connectivity index (χ0) is 21.6. The Morgan fingerprint density at radius 2 is 2.13 bits per heavy atom. The summed E-state index contributed by atoms with van der Waals surface area (Å²) in [4.78, 5) is 17.9. The third-order valence-corrected chi connectivity index (χ3v) is 7.05. The predicted molar refractivity (Wildman–Crippen MR) is 120 cm³/mol. The van der Waals surface area contributed by atoms with Gasteiger partial charge in [-0.1, -0.05) is 11.6 Å². The van der Waals surface area contributed by atoms with Gasteiger partial charge in [-0.05, 0) is 49.6 Å². The maximum absolute atomic E-state index is 12.8. The van der Waals surface area contributed by atoms with Gasteiger partial charge in [0, 0.05) is 43.5 Å². The summed E-state index contributed by atoms with van der Waals surface area (Å²) in [6, 6.07) is 3.97. The number of hydrogen-bond acceptors (Lipinski definition) is 8. The molecule has 2 aliphatic rings. The lowest BCUT2D eigenvalue weighted by atomic mass is 10.0. The number of ether oxygens (including phenoxy) is 1. The zero-order valence-electron chi connectivity index (χ0n) is 17.2. The lowest BCUT2D eigenvalue weighted by molar-refractivity contribution is 0.0595. The van der Waals surface area contributed by atoms with Crippen LogP contribution in [0.5, 0.6) is 0 Å². The summed E-state index contributed by atoms with van der Waals surface area (Å²) in [6.07, 6.45) is 8.75. The van der Waals surface area contributed by atoms with E-state index in [1.807, 2.05) is 6.07 Å². The maximum Gasteiger partial charge on any atom is 0.287 e. The monoisotopic (exact) mass is 460 g/mol. The van der Waals surface area contributed by atoms with Crippen molar-refractivity contribution in [3.8, 4) is 6.07 Å². The Morgan fingerprint density at radius 3 is 2.87 bits per heavy atom. The number of pyridine rings is 1. The average molecular weight is 461 g/mol. The molecule has 8 nitrogen and oxygen atoms in total. The maximum atomic E-state index is 12.8. The molecule has 1 unspecified atom stereocenters. The van der Waals surface area contributed by atoms with Crippen LogP contribution in [0.25, 0.3) is 0 Å². The fourth-order valence-electron chi connectivity index (χ4n) is 3.91. The first-order valence-electron chi connectivity index (χ1n) is 10.5. The third kappa shape index (κ3) is 5.57. The van der Waals surface area contributed by atoms with Crippen LogP contribution >= 0.6 is 23.5 Å². The highest BCUT2D eigenvalue weighted by atomic mass is 35.5. The average Bonchev–Trinajstić information content (AvgIpc) is 2.81. The van der Waals surface area contributed by atoms with Gasteiger partial charge in [-0.15, -0.1) is 0 Å². The van der Waals surface area contributed by atoms with Crippen LogP contribution in [0.2, 0.25) is 5.02 Å². The summed E-state index contributed by atoms with van der Waals surface area (Å²) in [6.45, 7) is 3.90. The molecule has 10 heteroatoms. The number of hydrogen-bond donors (Lipinski definition) is 1.